The molecule has 1 fully saturated rings. The van der Waals surface area contributed by atoms with Crippen LogP contribution in [0, 0.1) is 5.41 Å². The fourth-order valence-electron chi connectivity index (χ4n) is 5.15. The van der Waals surface area contributed by atoms with Crippen molar-refractivity contribution in [1.82, 2.24) is 14.9 Å². The highest BCUT2D eigenvalue weighted by Crippen LogP contribution is 2.42. The lowest BCUT2D eigenvalue weighted by Gasteiger charge is -2.39. The van der Waals surface area contributed by atoms with Crippen molar-refractivity contribution in [2.24, 2.45) is 5.41 Å². The van der Waals surface area contributed by atoms with Crippen molar-refractivity contribution in [3.8, 4) is 5.75 Å². The van der Waals surface area contributed by atoms with Crippen molar-refractivity contribution < 1.29 is 19.0 Å². The van der Waals surface area contributed by atoms with E-state index >= 15 is 4.39 Å². The van der Waals surface area contributed by atoms with Crippen LogP contribution in [-0.2, 0) is 11.2 Å². The van der Waals surface area contributed by atoms with Crippen LogP contribution in [0.1, 0.15) is 55.8 Å². The number of methoxy groups -OCH3 is 1. The van der Waals surface area contributed by atoms with E-state index in [9.17, 15) is 9.90 Å². The second-order valence-corrected chi connectivity index (χ2v) is 10.1. The zero-order chi connectivity index (χ0) is 25.5. The van der Waals surface area contributed by atoms with E-state index in [1.165, 1.54) is 11.8 Å². The number of likely N-dealkylation sites (tertiary alicyclic amines) is 1. The molecule has 8 heteroatoms. The first-order valence-electron chi connectivity index (χ1n) is 12.5. The summed E-state index contributed by atoms with van der Waals surface area (Å²) in [6, 6.07) is 9.31. The van der Waals surface area contributed by atoms with E-state index in [1.807, 2.05) is 12.3 Å². The molecule has 0 saturated carbocycles. The SMILES string of the molecule is COc1ccc2ncc(Cl)c([C@H](F)CCC3(C(=O)O)CCN(CCCCc4cccnc4)CC3)c2c1. The lowest BCUT2D eigenvalue weighted by molar-refractivity contribution is -0.153. The maximum atomic E-state index is 15.6. The van der Waals surface area contributed by atoms with Gasteiger partial charge in [-0.1, -0.05) is 17.7 Å². The number of pyridine rings is 2. The lowest BCUT2D eigenvalue weighted by Crippen LogP contribution is -2.44. The zero-order valence-electron chi connectivity index (χ0n) is 20.6. The Balaban J connectivity index is 1.34. The number of aromatic nitrogens is 2. The Kier molecular flexibility index (Phi) is 8.75. The van der Waals surface area contributed by atoms with E-state index in [2.05, 4.69) is 20.9 Å². The summed E-state index contributed by atoms with van der Waals surface area (Å²) in [7, 11) is 1.55. The summed E-state index contributed by atoms with van der Waals surface area (Å²) >= 11 is 6.36. The number of carboxylic acid groups (broad SMARTS) is 1. The predicted octanol–water partition coefficient (Wildman–Crippen LogP) is 6.27. The molecule has 3 heterocycles. The molecule has 0 bridgehead atoms. The lowest BCUT2D eigenvalue weighted by atomic mass is 9.74. The van der Waals surface area contributed by atoms with Crippen LogP contribution in [0.5, 0.6) is 5.75 Å². The molecule has 1 aliphatic heterocycles. The number of nitrogens with zero attached hydrogens (tertiary/aromatic N) is 3. The molecule has 192 valence electrons. The first kappa shape index (κ1) is 26.3. The minimum atomic E-state index is -1.39. The minimum absolute atomic E-state index is 0.0907. The number of hydrogen-bond donors (Lipinski definition) is 1. The summed E-state index contributed by atoms with van der Waals surface area (Å²) < 4.78 is 20.9. The van der Waals surface area contributed by atoms with Crippen molar-refractivity contribution >= 4 is 28.5 Å². The van der Waals surface area contributed by atoms with Gasteiger partial charge in [-0.15, -0.1) is 0 Å². The number of ether oxygens (including phenoxy) is 1. The summed E-state index contributed by atoms with van der Waals surface area (Å²) in [5.41, 5.74) is 1.31. The van der Waals surface area contributed by atoms with Crippen LogP contribution in [0.4, 0.5) is 4.39 Å². The number of unbranched alkanes of at least 4 members (excludes halogenated alkanes) is 1. The van der Waals surface area contributed by atoms with Crippen LogP contribution < -0.4 is 4.74 Å². The van der Waals surface area contributed by atoms with Gasteiger partial charge in [-0.3, -0.25) is 14.8 Å². The van der Waals surface area contributed by atoms with Gasteiger partial charge in [0.2, 0.25) is 0 Å². The molecule has 36 heavy (non-hydrogen) atoms. The molecule has 3 aromatic rings. The molecule has 2 aromatic heterocycles. The number of carboxylic acids is 1. The van der Waals surface area contributed by atoms with Crippen LogP contribution in [-0.4, -0.2) is 52.7 Å². The van der Waals surface area contributed by atoms with E-state index in [-0.39, 0.29) is 17.9 Å². The number of piperidine rings is 1. The molecule has 1 aliphatic rings. The average molecular weight is 514 g/mol. The third-order valence-electron chi connectivity index (χ3n) is 7.44. The minimum Gasteiger partial charge on any atom is -0.497 e. The van der Waals surface area contributed by atoms with Gasteiger partial charge >= 0.3 is 5.97 Å². The number of hydrogen-bond acceptors (Lipinski definition) is 5. The number of carbonyl (C=O) groups is 1. The molecule has 0 radical (unpaired) electrons. The van der Waals surface area contributed by atoms with Crippen LogP contribution in [0.2, 0.25) is 5.02 Å². The largest absolute Gasteiger partial charge is 0.497 e. The molecule has 0 spiro atoms. The van der Waals surface area contributed by atoms with Gasteiger partial charge in [-0.05, 0) is 94.4 Å². The van der Waals surface area contributed by atoms with Gasteiger partial charge in [0.05, 0.1) is 23.1 Å². The van der Waals surface area contributed by atoms with E-state index in [1.54, 1.807) is 31.5 Å². The van der Waals surface area contributed by atoms with Crippen molar-refractivity contribution in [3.63, 3.8) is 0 Å². The van der Waals surface area contributed by atoms with Crippen LogP contribution >= 0.6 is 11.6 Å². The first-order chi connectivity index (χ1) is 17.4. The number of halogens is 2. The summed E-state index contributed by atoms with van der Waals surface area (Å²) in [6.45, 7) is 2.38. The summed E-state index contributed by atoms with van der Waals surface area (Å²) in [5.74, 6) is -0.242. The Labute approximate surface area is 216 Å². The Hall–Kier alpha value is -2.77. The summed E-state index contributed by atoms with van der Waals surface area (Å²) in [4.78, 5) is 23.1. The Bertz CT molecular complexity index is 1170. The summed E-state index contributed by atoms with van der Waals surface area (Å²) in [6.07, 6.45) is 8.27. The van der Waals surface area contributed by atoms with Crippen molar-refractivity contribution in [2.45, 2.75) is 51.1 Å². The topological polar surface area (TPSA) is 75.6 Å². The van der Waals surface area contributed by atoms with Gasteiger partial charge in [-0.2, -0.15) is 0 Å². The zero-order valence-corrected chi connectivity index (χ0v) is 21.4. The van der Waals surface area contributed by atoms with Gasteiger partial charge in [-0.25, -0.2) is 4.39 Å². The van der Waals surface area contributed by atoms with Gasteiger partial charge < -0.3 is 14.7 Å². The third-order valence-corrected chi connectivity index (χ3v) is 7.74. The fourth-order valence-corrected chi connectivity index (χ4v) is 5.42. The quantitative estimate of drug-likeness (QED) is 0.304. The van der Waals surface area contributed by atoms with Crippen LogP contribution in [0.15, 0.2) is 48.9 Å². The molecule has 0 unspecified atom stereocenters. The van der Waals surface area contributed by atoms with Crippen molar-refractivity contribution in [3.05, 3.63) is 65.1 Å². The third kappa shape index (κ3) is 6.13. The number of alkyl halides is 1. The molecular weight excluding hydrogens is 481 g/mol. The average Bonchev–Trinajstić information content (AvgIpc) is 2.90. The van der Waals surface area contributed by atoms with Crippen LogP contribution in [0.25, 0.3) is 10.9 Å². The first-order valence-corrected chi connectivity index (χ1v) is 12.9. The molecule has 4 rings (SSSR count). The number of aliphatic carboxylic acids is 1. The van der Waals surface area contributed by atoms with Gasteiger partial charge in [0.25, 0.3) is 0 Å². The van der Waals surface area contributed by atoms with E-state index in [0.29, 0.717) is 48.1 Å². The molecule has 6 nitrogen and oxygen atoms in total. The smallest absolute Gasteiger partial charge is 0.309 e. The maximum Gasteiger partial charge on any atom is 0.309 e. The Morgan fingerprint density at radius 2 is 2.06 bits per heavy atom. The monoisotopic (exact) mass is 513 g/mol. The Morgan fingerprint density at radius 3 is 2.75 bits per heavy atom. The number of benzene rings is 1. The Morgan fingerprint density at radius 1 is 1.25 bits per heavy atom. The van der Waals surface area contributed by atoms with Crippen molar-refractivity contribution in [1.29, 1.82) is 0 Å². The molecule has 1 N–H and O–H groups in total. The molecule has 0 amide bonds. The molecule has 1 aromatic carbocycles. The molecule has 1 saturated heterocycles. The summed E-state index contributed by atoms with van der Waals surface area (Å²) in [5, 5.41) is 10.9. The molecule has 0 aliphatic carbocycles. The highest BCUT2D eigenvalue weighted by atomic mass is 35.5. The fraction of sp³-hybridized carbons (Fsp3) is 0.464. The molecule has 1 atom stereocenters. The highest BCUT2D eigenvalue weighted by Gasteiger charge is 2.41. The van der Waals surface area contributed by atoms with Crippen molar-refractivity contribution in [2.75, 3.05) is 26.7 Å². The predicted molar refractivity (Wildman–Crippen MR) is 139 cm³/mol. The van der Waals surface area contributed by atoms with E-state index in [0.717, 1.165) is 25.8 Å². The number of fused-ring (bicyclic) bond motifs is 1. The maximum absolute atomic E-state index is 15.6. The number of rotatable bonds is 11. The van der Waals surface area contributed by atoms with Gasteiger partial charge in [0.1, 0.15) is 11.9 Å². The molecular formula is C28H33ClFN3O3. The van der Waals surface area contributed by atoms with E-state index in [4.69, 9.17) is 16.3 Å². The van der Waals surface area contributed by atoms with E-state index < -0.39 is 17.6 Å². The second kappa shape index (κ2) is 12.0. The van der Waals surface area contributed by atoms with Crippen LogP contribution in [0.3, 0.4) is 0 Å². The normalized spacial score (nSPS) is 16.6. The van der Waals surface area contributed by atoms with Gasteiger partial charge in [0, 0.05) is 29.5 Å². The standard InChI is InChI=1S/C28H33ClFN3O3/c1-36-21-7-8-25-22(17-21)26(23(29)19-32-25)24(30)9-10-28(27(34)35)11-15-33(16-12-28)14-3-2-5-20-6-4-13-31-18-20/h4,6-8,13,17-19,24H,2-3,5,9-12,14-16H2,1H3,(H,34,35)/t24-/m1/s1. The highest BCUT2D eigenvalue weighted by molar-refractivity contribution is 6.32. The second-order valence-electron chi connectivity index (χ2n) is 9.65. The van der Waals surface area contributed by atoms with Gasteiger partial charge in [0.15, 0.2) is 0 Å². The number of aryl methyl sites for hydroxylation is 1.